The Morgan fingerprint density at radius 2 is 1.54 bits per heavy atom. The molecule has 1 aromatic heterocycles. The third kappa shape index (κ3) is 18.1. The summed E-state index contributed by atoms with van der Waals surface area (Å²) in [5.41, 5.74) is 5.74. The number of ether oxygens (including phenoxy) is 2. The molecular formula is C32H57N5O13P2. The number of aromatic nitrogens is 2. The average molecular weight is 782 g/mol. The van der Waals surface area contributed by atoms with Crippen molar-refractivity contribution in [3.05, 3.63) is 43.0 Å². The van der Waals surface area contributed by atoms with Gasteiger partial charge in [-0.2, -0.15) is 0 Å². The minimum atomic E-state index is -5.11. The number of phosphoric acid groups is 1. The lowest BCUT2D eigenvalue weighted by Gasteiger charge is -2.23. The third-order valence-electron chi connectivity index (χ3n) is 8.67. The van der Waals surface area contributed by atoms with Crippen LogP contribution in [-0.2, 0) is 32.2 Å². The quantitative estimate of drug-likeness (QED) is 0.0194. The fourth-order valence-corrected chi connectivity index (χ4v) is 7.10. The van der Waals surface area contributed by atoms with E-state index in [9.17, 15) is 33.3 Å². The molecule has 2 rings (SSSR count). The minimum Gasteiger partial charge on any atom is -0.472 e. The maximum atomic E-state index is 12.9. The van der Waals surface area contributed by atoms with Gasteiger partial charge in [0.2, 0.25) is 0 Å². The SMILES string of the molecule is CCCCCCCCCCCCCCCCCCOC[C@H](COP(=O)(O)C(=O)O)OP(=O)(O)OC[C@H]1O[C@@H](n2cc(C)c(=O)[nH]c2=O)CC1N=[N+]=[N-]. The summed E-state index contributed by atoms with van der Waals surface area (Å²) < 4.78 is 51.9. The largest absolute Gasteiger partial charge is 0.472 e. The van der Waals surface area contributed by atoms with E-state index in [1.807, 2.05) is 0 Å². The Bertz CT molecular complexity index is 1470. The van der Waals surface area contributed by atoms with Crippen LogP contribution in [0.2, 0.25) is 0 Å². The van der Waals surface area contributed by atoms with E-state index in [1.165, 1.54) is 90.2 Å². The number of aryl methyl sites for hydroxylation is 1. The standard InChI is InChI=1S/C32H57N5O13P2/c1-3-4-5-6-7-8-9-10-11-12-13-14-15-16-17-18-19-46-22-26(23-47-51(42,43)32(40)41)50-52(44,45)48-24-28-27(35-36-33)20-29(49-28)37-21-25(2)30(38)34-31(37)39/h21,26-29H,3-20,22-24H2,1-2H3,(H,40,41)(H,42,43)(H,44,45)(H,34,38,39)/t26-,27?,28-,29-/m1/s1. The van der Waals surface area contributed by atoms with Gasteiger partial charge in [-0.05, 0) is 18.9 Å². The first-order valence-electron chi connectivity index (χ1n) is 18.3. The molecule has 4 N–H and O–H groups in total. The highest BCUT2D eigenvalue weighted by Crippen LogP contribution is 2.47. The smallest absolute Gasteiger partial charge is 0.472 e. The summed E-state index contributed by atoms with van der Waals surface area (Å²) in [6.45, 7) is 2.05. The number of nitrogens with zero attached hydrogens (tertiary/aromatic N) is 4. The molecule has 20 heteroatoms. The van der Waals surface area contributed by atoms with Crippen LogP contribution >= 0.6 is 15.4 Å². The second-order valence-corrected chi connectivity index (χ2v) is 16.2. The number of nitrogens with one attached hydrogen (secondary N) is 1. The molecule has 3 unspecified atom stereocenters. The fourth-order valence-electron chi connectivity index (χ4n) is 5.73. The van der Waals surface area contributed by atoms with Crippen molar-refractivity contribution in [3.8, 4) is 0 Å². The third-order valence-corrected chi connectivity index (χ3v) is 10.7. The van der Waals surface area contributed by atoms with Crippen LogP contribution < -0.4 is 11.2 Å². The number of carbonyl (C=O) groups is 1. The Balaban J connectivity index is 1.77. The van der Waals surface area contributed by atoms with Gasteiger partial charge in [0.15, 0.2) is 0 Å². The summed E-state index contributed by atoms with van der Waals surface area (Å²) in [5, 5.41) is 12.5. The van der Waals surface area contributed by atoms with Crippen LogP contribution in [0.3, 0.4) is 0 Å². The number of rotatable bonds is 30. The molecular weight excluding hydrogens is 724 g/mol. The van der Waals surface area contributed by atoms with Gasteiger partial charge in [0.1, 0.15) is 12.3 Å². The van der Waals surface area contributed by atoms with Crippen molar-refractivity contribution in [1.82, 2.24) is 9.55 Å². The lowest BCUT2D eigenvalue weighted by Crippen LogP contribution is -2.33. The normalized spacial score (nSPS) is 20.2. The first-order valence-corrected chi connectivity index (χ1v) is 21.3. The van der Waals surface area contributed by atoms with Crippen LogP contribution in [0, 0.1) is 6.92 Å². The van der Waals surface area contributed by atoms with E-state index >= 15 is 0 Å². The highest BCUT2D eigenvalue weighted by atomic mass is 31.2. The highest BCUT2D eigenvalue weighted by Gasteiger charge is 2.39. The Hall–Kier alpha value is -2.36. The monoisotopic (exact) mass is 781 g/mol. The zero-order valence-corrected chi connectivity index (χ0v) is 32.1. The second-order valence-electron chi connectivity index (χ2n) is 13.1. The summed E-state index contributed by atoms with van der Waals surface area (Å²) >= 11 is 0. The van der Waals surface area contributed by atoms with E-state index in [1.54, 1.807) is 0 Å². The molecule has 18 nitrogen and oxygen atoms in total. The zero-order chi connectivity index (χ0) is 38.4. The molecule has 298 valence electrons. The molecule has 0 aliphatic carbocycles. The van der Waals surface area contributed by atoms with E-state index in [2.05, 4.69) is 26.5 Å². The topological polar surface area (TPSA) is 262 Å². The fraction of sp³-hybridized carbons (Fsp3) is 0.844. The van der Waals surface area contributed by atoms with Gasteiger partial charge < -0.3 is 24.4 Å². The molecule has 1 fully saturated rings. The molecule has 0 radical (unpaired) electrons. The van der Waals surface area contributed by atoms with Gasteiger partial charge in [0.05, 0.1) is 32.0 Å². The number of phosphoric ester groups is 1. The van der Waals surface area contributed by atoms with Crippen LogP contribution in [0.5, 0.6) is 0 Å². The van der Waals surface area contributed by atoms with Crippen LogP contribution in [0.1, 0.15) is 128 Å². The average Bonchev–Trinajstić information content (AvgIpc) is 3.49. The molecule has 1 aromatic rings. The summed E-state index contributed by atoms with van der Waals surface area (Å²) in [6.07, 6.45) is 16.9. The minimum absolute atomic E-state index is 0.0231. The maximum absolute atomic E-state index is 12.9. The summed E-state index contributed by atoms with van der Waals surface area (Å²) in [7, 11) is -10.1. The summed E-state index contributed by atoms with van der Waals surface area (Å²) in [5.74, 6) is 0. The highest BCUT2D eigenvalue weighted by molar-refractivity contribution is 7.70. The molecule has 1 aliphatic heterocycles. The van der Waals surface area contributed by atoms with Gasteiger partial charge >= 0.3 is 26.8 Å². The summed E-state index contributed by atoms with van der Waals surface area (Å²) in [4.78, 5) is 60.0. The molecule has 52 heavy (non-hydrogen) atoms. The van der Waals surface area contributed by atoms with Crippen LogP contribution in [0.15, 0.2) is 20.9 Å². The number of unbranched alkanes of at least 4 members (excludes halogenated alkanes) is 15. The van der Waals surface area contributed by atoms with E-state index < -0.39 is 70.1 Å². The van der Waals surface area contributed by atoms with E-state index in [-0.39, 0.29) is 25.2 Å². The van der Waals surface area contributed by atoms with Gasteiger partial charge in [0, 0.05) is 29.7 Å². The molecule has 0 bridgehead atoms. The molecule has 0 aromatic carbocycles. The predicted molar refractivity (Wildman–Crippen MR) is 192 cm³/mol. The van der Waals surface area contributed by atoms with Crippen LogP contribution in [0.25, 0.3) is 10.4 Å². The van der Waals surface area contributed by atoms with E-state index in [0.29, 0.717) is 6.42 Å². The van der Waals surface area contributed by atoms with Gasteiger partial charge in [-0.15, -0.1) is 0 Å². The van der Waals surface area contributed by atoms with E-state index in [4.69, 9.17) is 29.2 Å². The van der Waals surface area contributed by atoms with Crippen molar-refractivity contribution in [2.45, 2.75) is 147 Å². The number of carboxylic acid groups (broad SMARTS) is 1. The molecule has 0 amide bonds. The van der Waals surface area contributed by atoms with Gasteiger partial charge in [0.25, 0.3) is 5.56 Å². The number of hydrogen-bond acceptors (Lipinski definition) is 11. The summed E-state index contributed by atoms with van der Waals surface area (Å²) in [6, 6.07) is -0.938. The van der Waals surface area contributed by atoms with Crippen molar-refractivity contribution in [1.29, 1.82) is 0 Å². The van der Waals surface area contributed by atoms with Crippen LogP contribution in [-0.4, -0.2) is 74.8 Å². The Kier molecular flexibility index (Phi) is 21.9. The van der Waals surface area contributed by atoms with Crippen molar-refractivity contribution >= 4 is 21.1 Å². The van der Waals surface area contributed by atoms with Gasteiger partial charge in [-0.1, -0.05) is 108 Å². The lowest BCUT2D eigenvalue weighted by atomic mass is 10.0. The Labute approximate surface area is 304 Å². The van der Waals surface area contributed by atoms with Crippen molar-refractivity contribution in [3.63, 3.8) is 0 Å². The molecule has 0 saturated carbocycles. The van der Waals surface area contributed by atoms with Crippen molar-refractivity contribution in [2.75, 3.05) is 26.4 Å². The number of aromatic amines is 1. The van der Waals surface area contributed by atoms with Crippen molar-refractivity contribution < 1.29 is 51.9 Å². The van der Waals surface area contributed by atoms with Gasteiger partial charge in [-0.25, -0.2) is 18.7 Å². The maximum Gasteiger partial charge on any atom is 0.472 e. The first kappa shape index (κ1) is 45.8. The molecule has 1 aliphatic rings. The van der Waals surface area contributed by atoms with Crippen LogP contribution in [0.4, 0.5) is 4.79 Å². The molecule has 6 atom stereocenters. The Morgan fingerprint density at radius 1 is 0.981 bits per heavy atom. The first-order chi connectivity index (χ1) is 24.8. The molecule has 2 heterocycles. The second kappa shape index (κ2) is 24.9. The number of H-pyrrole nitrogens is 1. The lowest BCUT2D eigenvalue weighted by molar-refractivity contribution is -0.0368. The van der Waals surface area contributed by atoms with E-state index in [0.717, 1.165) is 23.8 Å². The number of azide groups is 1. The predicted octanol–water partition coefficient (Wildman–Crippen LogP) is 7.47. The Morgan fingerprint density at radius 3 is 2.08 bits per heavy atom. The molecule has 1 saturated heterocycles. The van der Waals surface area contributed by atoms with Crippen molar-refractivity contribution in [2.24, 2.45) is 5.11 Å². The molecule has 0 spiro atoms. The van der Waals surface area contributed by atoms with Gasteiger partial charge in [-0.3, -0.25) is 27.9 Å². The number of hydrogen-bond donors (Lipinski definition) is 4. The zero-order valence-electron chi connectivity index (χ0n) is 30.3.